The van der Waals surface area contributed by atoms with Gasteiger partial charge in [-0.15, -0.1) is 0 Å². The topological polar surface area (TPSA) is 37.3 Å². The van der Waals surface area contributed by atoms with Gasteiger partial charge in [0.05, 0.1) is 0 Å². The monoisotopic (exact) mass is 288 g/mol. The molecule has 5 heteroatoms. The first-order valence-corrected chi connectivity index (χ1v) is 5.32. The van der Waals surface area contributed by atoms with Crippen molar-refractivity contribution in [3.63, 3.8) is 0 Å². The van der Waals surface area contributed by atoms with Crippen LogP contribution in [0.2, 0.25) is 0 Å². The van der Waals surface area contributed by atoms with Crippen LogP contribution in [0.1, 0.15) is 11.1 Å². The molecular formula is C11H7BrF2O2. The van der Waals surface area contributed by atoms with Gasteiger partial charge in [0.2, 0.25) is 5.78 Å². The van der Waals surface area contributed by atoms with Crippen LogP contribution in [0.4, 0.5) is 8.78 Å². The Labute approximate surface area is 98.7 Å². The number of halogens is 3. The third kappa shape index (κ3) is 1.75. The molecule has 1 aliphatic carbocycles. The highest BCUT2D eigenvalue weighted by Crippen LogP contribution is 2.36. The zero-order valence-electron chi connectivity index (χ0n) is 8.01. The molecule has 0 saturated carbocycles. The molecule has 0 aliphatic heterocycles. The average Bonchev–Trinajstić information content (AvgIpc) is 2.54. The smallest absolute Gasteiger partial charge is 0.362 e. The van der Waals surface area contributed by atoms with E-state index in [0.717, 1.165) is 0 Å². The van der Waals surface area contributed by atoms with Crippen molar-refractivity contribution < 1.29 is 18.7 Å². The molecule has 0 atom stereocenters. The number of aliphatic hydroxyl groups excluding tert-OH is 1. The molecule has 0 saturated heterocycles. The van der Waals surface area contributed by atoms with Crippen LogP contribution >= 0.6 is 15.9 Å². The van der Waals surface area contributed by atoms with Crippen molar-refractivity contribution in [1.82, 2.24) is 0 Å². The largest absolute Gasteiger partial charge is 0.507 e. The second kappa shape index (κ2) is 3.66. The molecular weight excluding hydrogens is 282 g/mol. The number of carbonyl (C=O) groups is 1. The minimum absolute atomic E-state index is 0.0437. The highest BCUT2D eigenvalue weighted by atomic mass is 79.9. The molecule has 0 unspecified atom stereocenters. The fraction of sp³-hybridized carbons (Fsp3) is 0.182. The van der Waals surface area contributed by atoms with Gasteiger partial charge in [-0.2, -0.15) is 8.78 Å². The van der Waals surface area contributed by atoms with Gasteiger partial charge in [0.25, 0.3) is 0 Å². The van der Waals surface area contributed by atoms with Crippen LogP contribution in [0, 0.1) is 0 Å². The van der Waals surface area contributed by atoms with Crippen LogP contribution in [0.3, 0.4) is 0 Å². The van der Waals surface area contributed by atoms with Gasteiger partial charge >= 0.3 is 4.83 Å². The maximum Gasteiger partial charge on any atom is 0.362 e. The molecule has 2 nitrogen and oxygen atoms in total. The molecule has 0 aromatic heterocycles. The Morgan fingerprint density at radius 3 is 2.56 bits per heavy atom. The predicted molar refractivity (Wildman–Crippen MR) is 58.6 cm³/mol. The SMILES string of the molecule is O=C(C1=C(O)c2ccccc2C1)C(F)(F)Br. The Bertz CT molecular complexity index is 489. The van der Waals surface area contributed by atoms with E-state index in [1.807, 2.05) is 15.9 Å². The molecule has 1 N–H and O–H groups in total. The second-order valence-electron chi connectivity index (χ2n) is 3.49. The number of allylic oxidation sites excluding steroid dienone is 1. The van der Waals surface area contributed by atoms with E-state index in [1.165, 1.54) is 0 Å². The number of ketones is 1. The molecule has 1 aromatic carbocycles. The fourth-order valence-corrected chi connectivity index (χ4v) is 1.94. The van der Waals surface area contributed by atoms with Gasteiger partial charge in [-0.1, -0.05) is 24.3 Å². The maximum atomic E-state index is 12.8. The second-order valence-corrected chi connectivity index (χ2v) is 4.48. The summed E-state index contributed by atoms with van der Waals surface area (Å²) >= 11 is 2.00. The zero-order chi connectivity index (χ0) is 11.9. The van der Waals surface area contributed by atoms with E-state index < -0.39 is 10.6 Å². The lowest BCUT2D eigenvalue weighted by Crippen LogP contribution is -2.23. The predicted octanol–water partition coefficient (Wildman–Crippen LogP) is 3.07. The number of aliphatic hydroxyl groups is 1. The van der Waals surface area contributed by atoms with E-state index in [4.69, 9.17) is 0 Å². The Hall–Kier alpha value is -1.23. The molecule has 0 bridgehead atoms. The normalized spacial score (nSPS) is 15.2. The first-order valence-electron chi connectivity index (χ1n) is 4.53. The van der Waals surface area contributed by atoms with Crippen molar-refractivity contribution in [3.05, 3.63) is 41.0 Å². The number of carbonyl (C=O) groups excluding carboxylic acids is 1. The highest BCUT2D eigenvalue weighted by Gasteiger charge is 2.40. The average molecular weight is 289 g/mol. The molecule has 0 radical (unpaired) electrons. The number of Topliss-reactive ketones (excluding diaryl/α,β-unsaturated/α-hetero) is 1. The van der Waals surface area contributed by atoms with Crippen molar-refractivity contribution in [2.24, 2.45) is 0 Å². The first-order chi connectivity index (χ1) is 7.41. The Kier molecular flexibility index (Phi) is 2.58. The summed E-state index contributed by atoms with van der Waals surface area (Å²) in [6, 6.07) is 6.69. The summed E-state index contributed by atoms with van der Waals surface area (Å²) in [5, 5.41) is 9.68. The molecule has 84 valence electrons. The van der Waals surface area contributed by atoms with Gasteiger partial charge in [0, 0.05) is 17.6 Å². The van der Waals surface area contributed by atoms with Gasteiger partial charge in [-0.25, -0.2) is 0 Å². The van der Waals surface area contributed by atoms with Crippen molar-refractivity contribution >= 4 is 27.5 Å². The van der Waals surface area contributed by atoms with Gasteiger partial charge in [0.1, 0.15) is 5.76 Å². The van der Waals surface area contributed by atoms with Gasteiger partial charge in [-0.3, -0.25) is 4.79 Å². The summed E-state index contributed by atoms with van der Waals surface area (Å²) in [4.78, 5) is 7.70. The molecule has 1 aromatic rings. The standard InChI is InChI=1S/C11H7BrF2O2/c12-11(13,14)10(16)8-5-6-3-1-2-4-7(6)9(8)15/h1-4,15H,5H2. The van der Waals surface area contributed by atoms with Crippen LogP contribution in [-0.4, -0.2) is 15.7 Å². The van der Waals surface area contributed by atoms with Crippen molar-refractivity contribution in [1.29, 1.82) is 0 Å². The fourth-order valence-electron chi connectivity index (χ4n) is 1.70. The number of hydrogen-bond donors (Lipinski definition) is 1. The van der Waals surface area contributed by atoms with Crippen LogP contribution in [0.15, 0.2) is 29.8 Å². The lowest BCUT2D eigenvalue weighted by atomic mass is 10.1. The van der Waals surface area contributed by atoms with Gasteiger partial charge < -0.3 is 5.11 Å². The number of hydrogen-bond acceptors (Lipinski definition) is 2. The lowest BCUT2D eigenvalue weighted by Gasteiger charge is -2.07. The number of fused-ring (bicyclic) bond motifs is 1. The highest BCUT2D eigenvalue weighted by molar-refractivity contribution is 9.10. The number of benzene rings is 1. The van der Waals surface area contributed by atoms with E-state index in [-0.39, 0.29) is 17.8 Å². The molecule has 0 spiro atoms. The summed E-state index contributed by atoms with van der Waals surface area (Å²) in [7, 11) is 0. The third-order valence-electron chi connectivity index (χ3n) is 2.46. The van der Waals surface area contributed by atoms with E-state index in [2.05, 4.69) is 0 Å². The van der Waals surface area contributed by atoms with Crippen LogP contribution in [-0.2, 0) is 11.2 Å². The number of rotatable bonds is 2. The summed E-state index contributed by atoms with van der Waals surface area (Å²) in [5.74, 6) is -1.74. The lowest BCUT2D eigenvalue weighted by molar-refractivity contribution is -0.127. The number of alkyl halides is 3. The molecule has 0 amide bonds. The van der Waals surface area contributed by atoms with Crippen LogP contribution in [0.25, 0.3) is 5.76 Å². The summed E-state index contributed by atoms with van der Waals surface area (Å²) in [6.07, 6.45) is 0.0437. The summed E-state index contributed by atoms with van der Waals surface area (Å²) < 4.78 is 25.6. The van der Waals surface area contributed by atoms with E-state index in [0.29, 0.717) is 11.1 Å². The van der Waals surface area contributed by atoms with E-state index in [1.54, 1.807) is 24.3 Å². The minimum atomic E-state index is -3.63. The quantitative estimate of drug-likeness (QED) is 0.850. The van der Waals surface area contributed by atoms with Gasteiger partial charge in [0.15, 0.2) is 0 Å². The zero-order valence-corrected chi connectivity index (χ0v) is 9.59. The summed E-state index contributed by atoms with van der Waals surface area (Å²) in [5.41, 5.74) is 0.880. The Morgan fingerprint density at radius 1 is 1.38 bits per heavy atom. The van der Waals surface area contributed by atoms with E-state index >= 15 is 0 Å². The summed E-state index contributed by atoms with van der Waals surface area (Å²) in [6.45, 7) is 0. The van der Waals surface area contributed by atoms with Crippen molar-refractivity contribution in [3.8, 4) is 0 Å². The van der Waals surface area contributed by atoms with Crippen LogP contribution in [0.5, 0.6) is 0 Å². The molecule has 16 heavy (non-hydrogen) atoms. The first kappa shape index (κ1) is 11.3. The molecule has 2 rings (SSSR count). The van der Waals surface area contributed by atoms with Crippen molar-refractivity contribution in [2.45, 2.75) is 11.3 Å². The van der Waals surface area contributed by atoms with Crippen molar-refractivity contribution in [2.75, 3.05) is 0 Å². The Balaban J connectivity index is 2.43. The molecule has 0 heterocycles. The maximum absolute atomic E-state index is 12.8. The minimum Gasteiger partial charge on any atom is -0.507 e. The molecule has 1 aliphatic rings. The van der Waals surface area contributed by atoms with Gasteiger partial charge in [-0.05, 0) is 21.5 Å². The third-order valence-corrected chi connectivity index (χ3v) is 2.82. The van der Waals surface area contributed by atoms with E-state index in [9.17, 15) is 18.7 Å². The van der Waals surface area contributed by atoms with Crippen LogP contribution < -0.4 is 0 Å². The Morgan fingerprint density at radius 2 is 2.00 bits per heavy atom. The molecule has 0 fully saturated rings.